The summed E-state index contributed by atoms with van der Waals surface area (Å²) < 4.78 is 22.9. The molecule has 170 valence electrons. The summed E-state index contributed by atoms with van der Waals surface area (Å²) in [7, 11) is 4.60. The van der Waals surface area contributed by atoms with Crippen molar-refractivity contribution in [3.8, 4) is 17.2 Å². The van der Waals surface area contributed by atoms with E-state index in [0.29, 0.717) is 40.9 Å². The van der Waals surface area contributed by atoms with Gasteiger partial charge in [0, 0.05) is 23.9 Å². The third kappa shape index (κ3) is 5.83. The molecular formula is C22H24N2O6S2. The Hall–Kier alpha value is -2.98. The third-order valence-corrected chi connectivity index (χ3v) is 6.53. The largest absolute Gasteiger partial charge is 0.493 e. The minimum atomic E-state index is -0.291. The predicted octanol–water partition coefficient (Wildman–Crippen LogP) is 4.16. The van der Waals surface area contributed by atoms with E-state index in [4.69, 9.17) is 18.9 Å². The van der Waals surface area contributed by atoms with Gasteiger partial charge in [0.25, 0.3) is 0 Å². The molecule has 0 spiro atoms. The van der Waals surface area contributed by atoms with Crippen molar-refractivity contribution in [2.45, 2.75) is 17.7 Å². The molecule has 1 amide bonds. The van der Waals surface area contributed by atoms with E-state index in [2.05, 4.69) is 10.3 Å². The van der Waals surface area contributed by atoms with Crippen molar-refractivity contribution in [3.05, 3.63) is 35.9 Å². The molecule has 8 nitrogen and oxygen atoms in total. The Bertz CT molecular complexity index is 1120. The van der Waals surface area contributed by atoms with Gasteiger partial charge < -0.3 is 24.3 Å². The van der Waals surface area contributed by atoms with Crippen molar-refractivity contribution < 1.29 is 28.5 Å². The number of esters is 1. The van der Waals surface area contributed by atoms with Gasteiger partial charge in [0.15, 0.2) is 15.8 Å². The molecular weight excluding hydrogens is 452 g/mol. The van der Waals surface area contributed by atoms with E-state index >= 15 is 0 Å². The summed E-state index contributed by atoms with van der Waals surface area (Å²) in [6, 6.07) is 9.11. The number of thioether (sulfide) groups is 1. The highest BCUT2D eigenvalue weighted by Crippen LogP contribution is 2.40. The molecule has 0 fully saturated rings. The molecule has 0 radical (unpaired) electrons. The third-order valence-electron chi connectivity index (χ3n) is 4.40. The van der Waals surface area contributed by atoms with E-state index in [1.165, 1.54) is 44.2 Å². The van der Waals surface area contributed by atoms with Gasteiger partial charge in [0.05, 0.1) is 38.0 Å². The number of benzene rings is 2. The number of ether oxygens (including phenoxy) is 4. The lowest BCUT2D eigenvalue weighted by Crippen LogP contribution is -2.15. The van der Waals surface area contributed by atoms with Crippen molar-refractivity contribution in [2.75, 3.05) is 39.0 Å². The summed E-state index contributed by atoms with van der Waals surface area (Å²) in [4.78, 5) is 28.1. The summed E-state index contributed by atoms with van der Waals surface area (Å²) in [5, 5.41) is 2.92. The van der Waals surface area contributed by atoms with Crippen LogP contribution in [0.5, 0.6) is 17.2 Å². The second-order valence-corrected chi connectivity index (χ2v) is 8.94. The van der Waals surface area contributed by atoms with Gasteiger partial charge in [-0.25, -0.2) is 4.98 Å². The summed E-state index contributed by atoms with van der Waals surface area (Å²) in [5.74, 6) is 1.61. The van der Waals surface area contributed by atoms with Gasteiger partial charge >= 0.3 is 5.97 Å². The maximum Gasteiger partial charge on any atom is 0.302 e. The minimum absolute atomic E-state index is 0.113. The number of aromatic nitrogens is 1. The van der Waals surface area contributed by atoms with Crippen LogP contribution in [-0.2, 0) is 20.7 Å². The van der Waals surface area contributed by atoms with E-state index in [1.54, 1.807) is 19.2 Å². The second-order valence-electron chi connectivity index (χ2n) is 6.57. The van der Waals surface area contributed by atoms with Crippen molar-refractivity contribution in [3.63, 3.8) is 0 Å². The van der Waals surface area contributed by atoms with Crippen LogP contribution in [0.3, 0.4) is 0 Å². The van der Waals surface area contributed by atoms with Gasteiger partial charge in [0.2, 0.25) is 11.7 Å². The first-order valence-corrected chi connectivity index (χ1v) is 11.5. The number of anilines is 1. The SMILES string of the molecule is COc1ccc(CC(=O)Nc2ccc3nc(SCCOC(C)=O)sc3c2)c(OC)c1OC. The molecule has 3 aromatic rings. The smallest absolute Gasteiger partial charge is 0.302 e. The van der Waals surface area contributed by atoms with Gasteiger partial charge in [-0.05, 0) is 24.3 Å². The Labute approximate surface area is 194 Å². The summed E-state index contributed by atoms with van der Waals surface area (Å²) >= 11 is 3.05. The van der Waals surface area contributed by atoms with Gasteiger partial charge in [0.1, 0.15) is 6.61 Å². The van der Waals surface area contributed by atoms with E-state index < -0.39 is 0 Å². The van der Waals surface area contributed by atoms with Gasteiger partial charge in [-0.3, -0.25) is 9.59 Å². The molecule has 2 aromatic carbocycles. The fraction of sp³-hybridized carbons (Fsp3) is 0.318. The molecule has 0 aliphatic rings. The number of nitrogens with one attached hydrogen (secondary N) is 1. The number of hydrogen-bond donors (Lipinski definition) is 1. The zero-order valence-electron chi connectivity index (χ0n) is 18.2. The molecule has 3 rings (SSSR count). The van der Waals surface area contributed by atoms with Gasteiger partial charge in [-0.1, -0.05) is 17.8 Å². The van der Waals surface area contributed by atoms with Crippen molar-refractivity contribution >= 4 is 50.9 Å². The Morgan fingerprint density at radius 3 is 2.53 bits per heavy atom. The molecule has 1 heterocycles. The van der Waals surface area contributed by atoms with E-state index in [-0.39, 0.29) is 18.3 Å². The molecule has 0 aliphatic heterocycles. The summed E-state index contributed by atoms with van der Waals surface area (Å²) in [6.45, 7) is 1.73. The van der Waals surface area contributed by atoms with Crippen molar-refractivity contribution in [2.24, 2.45) is 0 Å². The zero-order valence-corrected chi connectivity index (χ0v) is 19.9. The minimum Gasteiger partial charge on any atom is -0.493 e. The lowest BCUT2D eigenvalue weighted by molar-refractivity contribution is -0.140. The van der Waals surface area contributed by atoms with Crippen LogP contribution >= 0.6 is 23.1 Å². The quantitative estimate of drug-likeness (QED) is 0.265. The van der Waals surface area contributed by atoms with Crippen LogP contribution in [0, 0.1) is 0 Å². The molecule has 0 bridgehead atoms. The number of methoxy groups -OCH3 is 3. The molecule has 0 saturated carbocycles. The van der Waals surface area contributed by atoms with Crippen LogP contribution in [0.1, 0.15) is 12.5 Å². The first kappa shape index (κ1) is 23.7. The molecule has 1 N–H and O–H groups in total. The highest BCUT2D eigenvalue weighted by atomic mass is 32.2. The topological polar surface area (TPSA) is 96.0 Å². The molecule has 0 unspecified atom stereocenters. The average molecular weight is 477 g/mol. The number of thiazole rings is 1. The predicted molar refractivity (Wildman–Crippen MR) is 125 cm³/mol. The highest BCUT2D eigenvalue weighted by Gasteiger charge is 2.18. The van der Waals surface area contributed by atoms with E-state index in [1.807, 2.05) is 18.2 Å². The summed E-state index contributed by atoms with van der Waals surface area (Å²) in [5.41, 5.74) is 2.22. The fourth-order valence-electron chi connectivity index (χ4n) is 3.04. The molecule has 0 atom stereocenters. The van der Waals surface area contributed by atoms with Crippen molar-refractivity contribution in [1.82, 2.24) is 4.98 Å². The monoisotopic (exact) mass is 476 g/mol. The Balaban J connectivity index is 1.67. The average Bonchev–Trinajstić information content (AvgIpc) is 3.18. The number of fused-ring (bicyclic) bond motifs is 1. The highest BCUT2D eigenvalue weighted by molar-refractivity contribution is 8.01. The number of hydrogen-bond acceptors (Lipinski definition) is 9. The second kappa shape index (κ2) is 11.1. The number of amides is 1. The van der Waals surface area contributed by atoms with E-state index in [0.717, 1.165) is 14.6 Å². The first-order chi connectivity index (χ1) is 15.4. The summed E-state index contributed by atoms with van der Waals surface area (Å²) in [6.07, 6.45) is 0.113. The van der Waals surface area contributed by atoms with Crippen molar-refractivity contribution in [1.29, 1.82) is 0 Å². The standard InChI is InChI=1S/C22H24N2O6S2/c1-13(25)30-9-10-31-22-24-16-7-6-15(12-18(16)32-22)23-19(26)11-14-5-8-17(27-2)21(29-4)20(14)28-3/h5-8,12H,9-11H2,1-4H3,(H,23,26). The molecule has 0 aliphatic carbocycles. The van der Waals surface area contributed by atoms with E-state index in [9.17, 15) is 9.59 Å². The van der Waals surface area contributed by atoms with Crippen LogP contribution in [0.15, 0.2) is 34.7 Å². The number of rotatable bonds is 10. The fourth-order valence-corrected chi connectivity index (χ4v) is 5.03. The normalized spacial score (nSPS) is 10.6. The maximum absolute atomic E-state index is 12.7. The van der Waals surface area contributed by atoms with Crippen LogP contribution in [-0.4, -0.2) is 50.5 Å². The number of carbonyl (C=O) groups excluding carboxylic acids is 2. The number of carbonyl (C=O) groups is 2. The molecule has 0 saturated heterocycles. The van der Waals surface area contributed by atoms with Crippen LogP contribution < -0.4 is 19.5 Å². The molecule has 10 heteroatoms. The van der Waals surface area contributed by atoms with Gasteiger partial charge in [-0.15, -0.1) is 11.3 Å². The van der Waals surface area contributed by atoms with Crippen LogP contribution in [0.4, 0.5) is 5.69 Å². The zero-order chi connectivity index (χ0) is 23.1. The number of nitrogens with zero attached hydrogens (tertiary/aromatic N) is 1. The lowest BCUT2D eigenvalue weighted by atomic mass is 10.1. The van der Waals surface area contributed by atoms with Gasteiger partial charge in [-0.2, -0.15) is 0 Å². The lowest BCUT2D eigenvalue weighted by Gasteiger charge is -2.15. The van der Waals surface area contributed by atoms with Crippen LogP contribution in [0.25, 0.3) is 10.2 Å². The maximum atomic E-state index is 12.7. The van der Waals surface area contributed by atoms with Crippen LogP contribution in [0.2, 0.25) is 0 Å². The molecule has 32 heavy (non-hydrogen) atoms. The Morgan fingerprint density at radius 1 is 1.06 bits per heavy atom. The Kier molecular flexibility index (Phi) is 8.18. The Morgan fingerprint density at radius 2 is 1.84 bits per heavy atom. The molecule has 1 aromatic heterocycles. The first-order valence-electron chi connectivity index (χ1n) is 9.69.